The van der Waals surface area contributed by atoms with Crippen LogP contribution in [0.5, 0.6) is 0 Å². The monoisotopic (exact) mass is 393 g/mol. The van der Waals surface area contributed by atoms with Gasteiger partial charge in [0, 0.05) is 23.9 Å². The number of rotatable bonds is 7. The van der Waals surface area contributed by atoms with Gasteiger partial charge >= 0.3 is 0 Å². The molecule has 0 atom stereocenters. The molecule has 146 valence electrons. The Kier molecular flexibility index (Phi) is 6.01. The van der Waals surface area contributed by atoms with E-state index in [0.717, 1.165) is 0 Å². The summed E-state index contributed by atoms with van der Waals surface area (Å²) in [5.74, 6) is -0.102. The van der Waals surface area contributed by atoms with E-state index in [4.69, 9.17) is 8.83 Å². The average molecular weight is 393 g/mol. The number of carbonyl (C=O) groups excluding carboxylic acids is 2. The average Bonchev–Trinajstić information content (AvgIpc) is 3.38. The summed E-state index contributed by atoms with van der Waals surface area (Å²) in [5, 5.41) is 16.2. The summed E-state index contributed by atoms with van der Waals surface area (Å²) < 4.78 is 10.2. The Morgan fingerprint density at radius 3 is 2.00 bits per heavy atom. The molecule has 3 aromatic rings. The first-order valence-electron chi connectivity index (χ1n) is 8.35. The van der Waals surface area contributed by atoms with E-state index in [1.807, 2.05) is 0 Å². The number of nitro groups is 1. The maximum atomic E-state index is 12.1. The summed E-state index contributed by atoms with van der Waals surface area (Å²) in [6.07, 6.45) is 8.26. The summed E-state index contributed by atoms with van der Waals surface area (Å²) in [5.41, 5.74) is -0.0965. The molecule has 3 rings (SSSR count). The highest BCUT2D eigenvalue weighted by atomic mass is 16.6. The molecule has 2 amide bonds. The first kappa shape index (κ1) is 19.4. The third kappa shape index (κ3) is 5.54. The van der Waals surface area contributed by atoms with Crippen molar-refractivity contribution in [2.45, 2.75) is 0 Å². The molecule has 1 aromatic carbocycles. The molecule has 0 fully saturated rings. The second-order valence-corrected chi connectivity index (χ2v) is 5.67. The smallest absolute Gasteiger partial charge is 0.292 e. The Balaban J connectivity index is 1.72. The van der Waals surface area contributed by atoms with Gasteiger partial charge in [0.15, 0.2) is 0 Å². The molecule has 0 bridgehead atoms. The number of furan rings is 2. The summed E-state index contributed by atoms with van der Waals surface area (Å²) in [4.78, 5) is 34.7. The van der Waals surface area contributed by atoms with Crippen LogP contribution in [0.2, 0.25) is 0 Å². The molecule has 2 aromatic heterocycles. The van der Waals surface area contributed by atoms with Crippen LogP contribution >= 0.6 is 0 Å². The molecule has 0 aliphatic rings. The minimum Gasteiger partial charge on any atom is -0.465 e. The maximum absolute atomic E-state index is 12.1. The molecule has 0 saturated carbocycles. The lowest BCUT2D eigenvalue weighted by Gasteiger charge is -2.07. The Morgan fingerprint density at radius 2 is 1.48 bits per heavy atom. The lowest BCUT2D eigenvalue weighted by atomic mass is 10.2. The number of nitrogens with zero attached hydrogens (tertiary/aromatic N) is 1. The van der Waals surface area contributed by atoms with E-state index in [9.17, 15) is 19.7 Å². The van der Waals surface area contributed by atoms with Crippen molar-refractivity contribution in [2.75, 3.05) is 10.6 Å². The fourth-order valence-electron chi connectivity index (χ4n) is 2.32. The molecule has 9 heteroatoms. The van der Waals surface area contributed by atoms with Crippen molar-refractivity contribution in [1.29, 1.82) is 0 Å². The number of carbonyl (C=O) groups is 2. The van der Waals surface area contributed by atoms with Gasteiger partial charge < -0.3 is 19.5 Å². The lowest BCUT2D eigenvalue weighted by Crippen LogP contribution is -2.12. The van der Waals surface area contributed by atoms with Crippen LogP contribution in [0.4, 0.5) is 17.1 Å². The van der Waals surface area contributed by atoms with Gasteiger partial charge in [0.2, 0.25) is 11.8 Å². The second kappa shape index (κ2) is 9.00. The number of benzene rings is 1. The third-order valence-corrected chi connectivity index (χ3v) is 3.60. The van der Waals surface area contributed by atoms with Crippen LogP contribution in [-0.4, -0.2) is 16.7 Å². The van der Waals surface area contributed by atoms with Crippen molar-refractivity contribution < 1.29 is 23.3 Å². The molecule has 0 saturated heterocycles. The molecule has 9 nitrogen and oxygen atoms in total. The van der Waals surface area contributed by atoms with E-state index < -0.39 is 16.7 Å². The second-order valence-electron chi connectivity index (χ2n) is 5.67. The number of anilines is 2. The first-order chi connectivity index (χ1) is 14.0. The number of amides is 2. The van der Waals surface area contributed by atoms with Gasteiger partial charge in [-0.15, -0.1) is 0 Å². The van der Waals surface area contributed by atoms with Gasteiger partial charge in [-0.3, -0.25) is 19.7 Å². The highest BCUT2D eigenvalue weighted by Gasteiger charge is 2.16. The Bertz CT molecular complexity index is 1070. The van der Waals surface area contributed by atoms with Crippen molar-refractivity contribution in [2.24, 2.45) is 0 Å². The van der Waals surface area contributed by atoms with Crippen molar-refractivity contribution in [1.82, 2.24) is 0 Å². The lowest BCUT2D eigenvalue weighted by molar-refractivity contribution is -0.383. The van der Waals surface area contributed by atoms with Crippen molar-refractivity contribution >= 4 is 41.0 Å². The fourth-order valence-corrected chi connectivity index (χ4v) is 2.32. The molecule has 0 aliphatic carbocycles. The maximum Gasteiger partial charge on any atom is 0.292 e. The molecule has 0 aliphatic heterocycles. The van der Waals surface area contributed by atoms with E-state index in [1.54, 1.807) is 24.3 Å². The Hall–Kier alpha value is -4.40. The van der Waals surface area contributed by atoms with Crippen LogP contribution in [0.15, 0.2) is 76.0 Å². The van der Waals surface area contributed by atoms with E-state index >= 15 is 0 Å². The fraction of sp³-hybridized carbons (Fsp3) is 0. The summed E-state index contributed by atoms with van der Waals surface area (Å²) in [7, 11) is 0. The molecular weight excluding hydrogens is 378 g/mol. The third-order valence-electron chi connectivity index (χ3n) is 3.60. The number of nitrogens with one attached hydrogen (secondary N) is 2. The first-order valence-corrected chi connectivity index (χ1v) is 8.35. The molecule has 2 heterocycles. The number of hydrogen-bond donors (Lipinski definition) is 2. The van der Waals surface area contributed by atoms with Gasteiger partial charge in [0.05, 0.1) is 17.4 Å². The molecule has 2 N–H and O–H groups in total. The quantitative estimate of drug-likeness (QED) is 0.354. The highest BCUT2D eigenvalue weighted by Crippen LogP contribution is 2.28. The molecular formula is C20H15N3O6. The molecule has 0 spiro atoms. The number of nitro benzene ring substituents is 1. The summed E-state index contributed by atoms with van der Waals surface area (Å²) in [6, 6.07) is 10.5. The van der Waals surface area contributed by atoms with Gasteiger partial charge in [0.1, 0.15) is 17.2 Å². The molecule has 29 heavy (non-hydrogen) atoms. The van der Waals surface area contributed by atoms with Crippen LogP contribution in [-0.2, 0) is 9.59 Å². The largest absolute Gasteiger partial charge is 0.465 e. The molecule has 0 radical (unpaired) electrons. The van der Waals surface area contributed by atoms with E-state index in [-0.39, 0.29) is 17.1 Å². The normalized spacial score (nSPS) is 11.0. The molecule has 0 unspecified atom stereocenters. The van der Waals surface area contributed by atoms with E-state index in [1.165, 1.54) is 55.0 Å². The van der Waals surface area contributed by atoms with Gasteiger partial charge in [0.25, 0.3) is 5.69 Å². The van der Waals surface area contributed by atoms with Crippen molar-refractivity contribution in [3.63, 3.8) is 0 Å². The topological polar surface area (TPSA) is 128 Å². The van der Waals surface area contributed by atoms with E-state index in [0.29, 0.717) is 11.5 Å². The zero-order chi connectivity index (χ0) is 20.6. The van der Waals surface area contributed by atoms with E-state index in [2.05, 4.69) is 10.6 Å². The minimum absolute atomic E-state index is 0.0584. The zero-order valence-electron chi connectivity index (χ0n) is 14.9. The minimum atomic E-state index is -0.631. The van der Waals surface area contributed by atoms with Crippen LogP contribution in [0.25, 0.3) is 12.2 Å². The standard InChI is InChI=1S/C20H15N3O6/c24-19(9-6-15-3-1-11-28-15)21-14-5-8-18(23(26)27)17(13-14)22-20(25)10-7-16-4-2-12-29-16/h1-13H,(H,21,24)(H,22,25)/b9-6+,10-7+. The van der Waals surface area contributed by atoms with Gasteiger partial charge in [-0.25, -0.2) is 0 Å². The number of hydrogen-bond acceptors (Lipinski definition) is 6. The van der Waals surface area contributed by atoms with Gasteiger partial charge in [-0.2, -0.15) is 0 Å². The van der Waals surface area contributed by atoms with Crippen LogP contribution in [0, 0.1) is 10.1 Å². The Morgan fingerprint density at radius 1 is 0.897 bits per heavy atom. The zero-order valence-corrected chi connectivity index (χ0v) is 14.9. The van der Waals surface area contributed by atoms with Crippen LogP contribution in [0.3, 0.4) is 0 Å². The SMILES string of the molecule is O=C(/C=C/c1ccco1)Nc1ccc([N+](=O)[O-])c(NC(=O)/C=C/c2ccco2)c1. The summed E-state index contributed by atoms with van der Waals surface area (Å²) >= 11 is 0. The van der Waals surface area contributed by atoms with Crippen LogP contribution in [0.1, 0.15) is 11.5 Å². The predicted molar refractivity (Wildman–Crippen MR) is 106 cm³/mol. The van der Waals surface area contributed by atoms with Crippen LogP contribution < -0.4 is 10.6 Å². The van der Waals surface area contributed by atoms with Crippen molar-refractivity contribution in [3.05, 3.63) is 88.8 Å². The van der Waals surface area contributed by atoms with Gasteiger partial charge in [-0.1, -0.05) is 0 Å². The highest BCUT2D eigenvalue weighted by molar-refractivity contribution is 6.05. The predicted octanol–water partition coefficient (Wildman–Crippen LogP) is 4.08. The summed E-state index contributed by atoms with van der Waals surface area (Å²) in [6.45, 7) is 0. The van der Waals surface area contributed by atoms with Gasteiger partial charge in [-0.05, 0) is 48.6 Å². The Labute approximate surface area is 164 Å². The van der Waals surface area contributed by atoms with Crippen molar-refractivity contribution in [3.8, 4) is 0 Å².